The SMILES string of the molecule is O=C1c2c(Cl)ncnc2OCCN1c1ccc2c(ccn2-c2ccccc2OCc2ccccc2)c1. The van der Waals surface area contributed by atoms with Crippen molar-refractivity contribution in [3.05, 3.63) is 108 Å². The molecule has 1 aliphatic rings. The van der Waals surface area contributed by atoms with Crippen LogP contribution in [0.4, 0.5) is 5.69 Å². The van der Waals surface area contributed by atoms with Crippen LogP contribution in [0.5, 0.6) is 11.6 Å². The summed E-state index contributed by atoms with van der Waals surface area (Å²) in [6.07, 6.45) is 3.30. The number of carbonyl (C=O) groups excluding carboxylic acids is 1. The summed E-state index contributed by atoms with van der Waals surface area (Å²) < 4.78 is 13.9. The van der Waals surface area contributed by atoms with Gasteiger partial charge in [-0.2, -0.15) is 0 Å². The molecule has 36 heavy (non-hydrogen) atoms. The summed E-state index contributed by atoms with van der Waals surface area (Å²) in [6, 6.07) is 26.0. The number of hydrogen-bond acceptors (Lipinski definition) is 5. The number of aromatic nitrogens is 3. The molecule has 0 saturated heterocycles. The van der Waals surface area contributed by atoms with Crippen molar-refractivity contribution in [3.63, 3.8) is 0 Å². The standard InChI is InChI=1S/C28H21ClN4O3/c29-26-25-27(31-18-30-26)35-15-14-32(28(25)34)21-10-11-22-20(16-21)12-13-33(22)23-8-4-5-9-24(23)36-17-19-6-2-1-3-7-19/h1-13,16,18H,14-15,17H2. The van der Waals surface area contributed by atoms with E-state index in [1.54, 1.807) is 4.90 Å². The number of fused-ring (bicyclic) bond motifs is 2. The Bertz CT molecular complexity index is 1570. The molecule has 0 fully saturated rings. The highest BCUT2D eigenvalue weighted by Crippen LogP contribution is 2.33. The second-order valence-electron chi connectivity index (χ2n) is 8.32. The van der Waals surface area contributed by atoms with Gasteiger partial charge in [0.1, 0.15) is 36.0 Å². The molecule has 8 heteroatoms. The molecule has 0 bridgehead atoms. The van der Waals surface area contributed by atoms with Crippen molar-refractivity contribution >= 4 is 34.1 Å². The first-order valence-corrected chi connectivity index (χ1v) is 11.9. The fourth-order valence-electron chi connectivity index (χ4n) is 4.38. The van der Waals surface area contributed by atoms with Crippen LogP contribution in [0.2, 0.25) is 5.15 Å². The monoisotopic (exact) mass is 496 g/mol. The minimum Gasteiger partial charge on any atom is -0.487 e. The van der Waals surface area contributed by atoms with Crippen LogP contribution >= 0.6 is 11.6 Å². The maximum absolute atomic E-state index is 13.3. The zero-order valence-electron chi connectivity index (χ0n) is 19.2. The maximum Gasteiger partial charge on any atom is 0.267 e. The van der Waals surface area contributed by atoms with Crippen LogP contribution in [0.3, 0.4) is 0 Å². The number of anilines is 1. The van der Waals surface area contributed by atoms with Crippen molar-refractivity contribution in [2.45, 2.75) is 6.61 Å². The van der Waals surface area contributed by atoms with E-state index in [1.165, 1.54) is 6.33 Å². The summed E-state index contributed by atoms with van der Waals surface area (Å²) in [5.41, 5.74) is 3.96. The van der Waals surface area contributed by atoms with Crippen molar-refractivity contribution in [3.8, 4) is 17.3 Å². The van der Waals surface area contributed by atoms with Gasteiger partial charge in [0.15, 0.2) is 0 Å². The highest BCUT2D eigenvalue weighted by molar-refractivity contribution is 6.33. The highest BCUT2D eigenvalue weighted by Gasteiger charge is 2.29. The average molecular weight is 497 g/mol. The molecule has 178 valence electrons. The van der Waals surface area contributed by atoms with Gasteiger partial charge in [0, 0.05) is 17.3 Å². The van der Waals surface area contributed by atoms with Crippen LogP contribution in [-0.2, 0) is 6.61 Å². The number of rotatable bonds is 5. The third kappa shape index (κ3) is 4.03. The van der Waals surface area contributed by atoms with Crippen molar-refractivity contribution in [1.29, 1.82) is 0 Å². The molecule has 0 unspecified atom stereocenters. The van der Waals surface area contributed by atoms with Crippen LogP contribution in [0.15, 0.2) is 91.4 Å². The Morgan fingerprint density at radius 3 is 2.69 bits per heavy atom. The lowest BCUT2D eigenvalue weighted by atomic mass is 10.2. The van der Waals surface area contributed by atoms with E-state index in [1.807, 2.05) is 85.1 Å². The van der Waals surface area contributed by atoms with Gasteiger partial charge in [-0.15, -0.1) is 0 Å². The molecule has 0 atom stereocenters. The first-order chi connectivity index (χ1) is 17.7. The molecular formula is C28H21ClN4O3. The predicted octanol–water partition coefficient (Wildman–Crippen LogP) is 5.69. The van der Waals surface area contributed by atoms with Crippen molar-refractivity contribution in [2.24, 2.45) is 0 Å². The molecule has 0 radical (unpaired) electrons. The number of amides is 1. The van der Waals surface area contributed by atoms with Crippen molar-refractivity contribution in [2.75, 3.05) is 18.1 Å². The normalized spacial score (nSPS) is 13.2. The smallest absolute Gasteiger partial charge is 0.267 e. The lowest BCUT2D eigenvalue weighted by molar-refractivity contribution is 0.0989. The number of para-hydroxylation sites is 2. The first-order valence-electron chi connectivity index (χ1n) is 11.5. The summed E-state index contributed by atoms with van der Waals surface area (Å²) in [6.45, 7) is 1.15. The molecule has 0 spiro atoms. The van der Waals surface area contributed by atoms with E-state index in [0.717, 1.165) is 33.6 Å². The van der Waals surface area contributed by atoms with Gasteiger partial charge in [0.05, 0.1) is 17.7 Å². The molecule has 7 nitrogen and oxygen atoms in total. The van der Waals surface area contributed by atoms with Gasteiger partial charge in [-0.1, -0.05) is 54.1 Å². The van der Waals surface area contributed by atoms with Gasteiger partial charge >= 0.3 is 0 Å². The van der Waals surface area contributed by atoms with E-state index in [0.29, 0.717) is 19.8 Å². The number of benzene rings is 3. The Kier molecular flexibility index (Phi) is 5.75. The molecule has 3 heterocycles. The largest absolute Gasteiger partial charge is 0.487 e. The van der Waals surface area contributed by atoms with E-state index >= 15 is 0 Å². The topological polar surface area (TPSA) is 69.5 Å². The Morgan fingerprint density at radius 2 is 1.81 bits per heavy atom. The van der Waals surface area contributed by atoms with Gasteiger partial charge < -0.3 is 18.9 Å². The van der Waals surface area contributed by atoms with Gasteiger partial charge in [-0.3, -0.25) is 4.79 Å². The number of carbonyl (C=O) groups is 1. The number of halogens is 1. The Hall–Kier alpha value is -4.36. The van der Waals surface area contributed by atoms with E-state index < -0.39 is 0 Å². The summed E-state index contributed by atoms with van der Waals surface area (Å²) in [4.78, 5) is 23.0. The van der Waals surface area contributed by atoms with Crippen LogP contribution in [0.1, 0.15) is 15.9 Å². The lowest BCUT2D eigenvalue weighted by Gasteiger charge is -2.20. The molecule has 1 aliphatic heterocycles. The number of nitrogens with zero attached hydrogens (tertiary/aromatic N) is 4. The second kappa shape index (κ2) is 9.36. The Labute approximate surface area is 212 Å². The van der Waals surface area contributed by atoms with Gasteiger partial charge in [-0.05, 0) is 42.0 Å². The first kappa shape index (κ1) is 22.1. The number of hydrogen-bond donors (Lipinski definition) is 0. The van der Waals surface area contributed by atoms with Crippen LogP contribution in [-0.4, -0.2) is 33.6 Å². The van der Waals surface area contributed by atoms with Crippen LogP contribution < -0.4 is 14.4 Å². The summed E-state index contributed by atoms with van der Waals surface area (Å²) in [5.74, 6) is 0.711. The molecule has 3 aromatic carbocycles. The van der Waals surface area contributed by atoms with Crippen LogP contribution in [0.25, 0.3) is 16.6 Å². The van der Waals surface area contributed by atoms with Gasteiger partial charge in [0.2, 0.25) is 5.88 Å². The minimum atomic E-state index is -0.286. The number of ether oxygens (including phenoxy) is 2. The molecule has 0 aliphatic carbocycles. The molecule has 0 saturated carbocycles. The summed E-state index contributed by atoms with van der Waals surface area (Å²) >= 11 is 6.21. The van der Waals surface area contributed by atoms with E-state index in [4.69, 9.17) is 21.1 Å². The Balaban J connectivity index is 1.32. The van der Waals surface area contributed by atoms with Gasteiger partial charge in [0.25, 0.3) is 5.91 Å². The second-order valence-corrected chi connectivity index (χ2v) is 8.68. The molecule has 2 aromatic heterocycles. The zero-order valence-corrected chi connectivity index (χ0v) is 19.9. The lowest BCUT2D eigenvalue weighted by Crippen LogP contribution is -2.32. The zero-order chi connectivity index (χ0) is 24.5. The molecule has 0 N–H and O–H groups in total. The summed E-state index contributed by atoms with van der Waals surface area (Å²) in [5, 5.41) is 1.07. The molecule has 5 aromatic rings. The average Bonchev–Trinajstić information content (AvgIpc) is 3.25. The molecule has 1 amide bonds. The Morgan fingerprint density at radius 1 is 0.972 bits per heavy atom. The van der Waals surface area contributed by atoms with E-state index in [9.17, 15) is 4.79 Å². The van der Waals surface area contributed by atoms with Gasteiger partial charge in [-0.25, -0.2) is 9.97 Å². The third-order valence-corrected chi connectivity index (χ3v) is 6.41. The third-order valence-electron chi connectivity index (χ3n) is 6.13. The van der Waals surface area contributed by atoms with E-state index in [-0.39, 0.29) is 22.5 Å². The fraction of sp³-hybridized carbons (Fsp3) is 0.107. The van der Waals surface area contributed by atoms with Crippen molar-refractivity contribution < 1.29 is 14.3 Å². The fourth-order valence-corrected chi connectivity index (χ4v) is 4.58. The van der Waals surface area contributed by atoms with Crippen molar-refractivity contribution in [1.82, 2.24) is 14.5 Å². The summed E-state index contributed by atoms with van der Waals surface area (Å²) in [7, 11) is 0. The van der Waals surface area contributed by atoms with Crippen LogP contribution in [0, 0.1) is 0 Å². The molecule has 6 rings (SSSR count). The minimum absolute atomic E-state index is 0.0799. The predicted molar refractivity (Wildman–Crippen MR) is 138 cm³/mol. The molecular weight excluding hydrogens is 476 g/mol. The quantitative estimate of drug-likeness (QED) is 0.292. The maximum atomic E-state index is 13.3. The van der Waals surface area contributed by atoms with E-state index in [2.05, 4.69) is 14.5 Å². The highest BCUT2D eigenvalue weighted by atomic mass is 35.5.